The van der Waals surface area contributed by atoms with Gasteiger partial charge in [0.25, 0.3) is 0 Å². The van der Waals surface area contributed by atoms with Gasteiger partial charge in [0.15, 0.2) is 5.82 Å². The van der Waals surface area contributed by atoms with Gasteiger partial charge < -0.3 is 10.1 Å². The van der Waals surface area contributed by atoms with Crippen LogP contribution in [0.2, 0.25) is 0 Å². The number of H-pyrrole nitrogens is 1. The number of benzene rings is 1. The zero-order valence-corrected chi connectivity index (χ0v) is 13.2. The third-order valence-electron chi connectivity index (χ3n) is 3.48. The molecule has 2 N–H and O–H groups in total. The SMILES string of the molecule is O=C(CSc1n[nH]c([C@H]2CCCO2)n1)NCc1ccccc1F. The lowest BCUT2D eigenvalue weighted by Crippen LogP contribution is -2.25. The molecule has 6 nitrogen and oxygen atoms in total. The van der Waals surface area contributed by atoms with Crippen molar-refractivity contribution >= 4 is 17.7 Å². The molecule has 0 unspecified atom stereocenters. The fourth-order valence-electron chi connectivity index (χ4n) is 2.28. The Balaban J connectivity index is 1.45. The van der Waals surface area contributed by atoms with E-state index in [0.29, 0.717) is 16.5 Å². The van der Waals surface area contributed by atoms with E-state index in [1.165, 1.54) is 17.8 Å². The normalized spacial score (nSPS) is 17.3. The van der Waals surface area contributed by atoms with E-state index in [1.54, 1.807) is 18.2 Å². The highest BCUT2D eigenvalue weighted by atomic mass is 32.2. The molecule has 1 atom stereocenters. The second-order valence-corrected chi connectivity index (χ2v) is 6.10. The predicted octanol–water partition coefficient (Wildman–Crippen LogP) is 2.20. The van der Waals surface area contributed by atoms with Gasteiger partial charge in [-0.05, 0) is 18.9 Å². The number of amides is 1. The first-order valence-corrected chi connectivity index (χ1v) is 8.38. The summed E-state index contributed by atoms with van der Waals surface area (Å²) in [6.07, 6.45) is 1.93. The molecular weight excluding hydrogens is 319 g/mol. The average molecular weight is 336 g/mol. The summed E-state index contributed by atoms with van der Waals surface area (Å²) in [5.41, 5.74) is 0.462. The summed E-state index contributed by atoms with van der Waals surface area (Å²) in [5.74, 6) is 0.367. The van der Waals surface area contributed by atoms with Crippen molar-refractivity contribution in [3.63, 3.8) is 0 Å². The average Bonchev–Trinajstić information content (AvgIpc) is 3.23. The third kappa shape index (κ3) is 4.29. The molecule has 0 saturated carbocycles. The maximum Gasteiger partial charge on any atom is 0.230 e. The summed E-state index contributed by atoms with van der Waals surface area (Å²) in [6, 6.07) is 6.37. The highest BCUT2D eigenvalue weighted by molar-refractivity contribution is 7.99. The van der Waals surface area contributed by atoms with E-state index >= 15 is 0 Å². The first-order chi connectivity index (χ1) is 11.2. The lowest BCUT2D eigenvalue weighted by molar-refractivity contribution is -0.118. The van der Waals surface area contributed by atoms with E-state index in [9.17, 15) is 9.18 Å². The first-order valence-electron chi connectivity index (χ1n) is 7.39. The number of aromatic amines is 1. The number of halogens is 1. The van der Waals surface area contributed by atoms with Gasteiger partial charge in [-0.1, -0.05) is 30.0 Å². The molecule has 1 aliphatic rings. The number of hydrogen-bond acceptors (Lipinski definition) is 5. The lowest BCUT2D eigenvalue weighted by Gasteiger charge is -2.05. The molecule has 1 aliphatic heterocycles. The minimum absolute atomic E-state index is 0.0215. The van der Waals surface area contributed by atoms with Crippen LogP contribution in [0.1, 0.15) is 30.3 Å². The molecule has 0 aliphatic carbocycles. The van der Waals surface area contributed by atoms with Gasteiger partial charge in [0.1, 0.15) is 11.9 Å². The Morgan fingerprint density at radius 3 is 3.13 bits per heavy atom. The topological polar surface area (TPSA) is 79.9 Å². The van der Waals surface area contributed by atoms with E-state index in [2.05, 4.69) is 20.5 Å². The van der Waals surface area contributed by atoms with Crippen LogP contribution >= 0.6 is 11.8 Å². The molecule has 2 aromatic rings. The third-order valence-corrected chi connectivity index (χ3v) is 4.33. The van der Waals surface area contributed by atoms with E-state index in [4.69, 9.17) is 4.74 Å². The van der Waals surface area contributed by atoms with Crippen molar-refractivity contribution in [2.24, 2.45) is 0 Å². The Morgan fingerprint density at radius 2 is 2.35 bits per heavy atom. The highest BCUT2D eigenvalue weighted by Crippen LogP contribution is 2.26. The zero-order valence-electron chi connectivity index (χ0n) is 12.4. The summed E-state index contributed by atoms with van der Waals surface area (Å²) in [7, 11) is 0. The van der Waals surface area contributed by atoms with E-state index in [-0.39, 0.29) is 30.1 Å². The number of nitrogens with zero attached hydrogens (tertiary/aromatic N) is 2. The number of carbonyl (C=O) groups is 1. The Hall–Kier alpha value is -1.93. The summed E-state index contributed by atoms with van der Waals surface area (Å²) in [4.78, 5) is 16.1. The van der Waals surface area contributed by atoms with Crippen molar-refractivity contribution < 1.29 is 13.9 Å². The number of carbonyl (C=O) groups excluding carboxylic acids is 1. The molecule has 1 aromatic heterocycles. The van der Waals surface area contributed by atoms with E-state index in [1.807, 2.05) is 0 Å². The summed E-state index contributed by atoms with van der Waals surface area (Å²) < 4.78 is 19.0. The molecule has 1 fully saturated rings. The van der Waals surface area contributed by atoms with Gasteiger partial charge in [0.05, 0.1) is 5.75 Å². The van der Waals surface area contributed by atoms with E-state index in [0.717, 1.165) is 19.4 Å². The Kier molecular flexibility index (Phi) is 5.24. The molecular formula is C15H17FN4O2S. The van der Waals surface area contributed by atoms with Crippen LogP contribution in [0.4, 0.5) is 4.39 Å². The van der Waals surface area contributed by atoms with Crippen molar-refractivity contribution in [2.45, 2.75) is 30.6 Å². The van der Waals surface area contributed by atoms with Crippen LogP contribution in [-0.4, -0.2) is 33.4 Å². The van der Waals surface area contributed by atoms with Gasteiger partial charge in [-0.3, -0.25) is 9.89 Å². The Bertz CT molecular complexity index is 673. The van der Waals surface area contributed by atoms with Crippen molar-refractivity contribution in [2.75, 3.05) is 12.4 Å². The molecule has 0 spiro atoms. The highest BCUT2D eigenvalue weighted by Gasteiger charge is 2.21. The van der Waals surface area contributed by atoms with Crippen molar-refractivity contribution in [1.29, 1.82) is 0 Å². The maximum absolute atomic E-state index is 13.4. The van der Waals surface area contributed by atoms with Crippen LogP contribution in [-0.2, 0) is 16.1 Å². The number of thioether (sulfide) groups is 1. The predicted molar refractivity (Wildman–Crippen MR) is 83.3 cm³/mol. The fraction of sp³-hybridized carbons (Fsp3) is 0.400. The number of ether oxygens (including phenoxy) is 1. The van der Waals surface area contributed by atoms with Crippen LogP contribution in [0.3, 0.4) is 0 Å². The molecule has 0 radical (unpaired) electrons. The Morgan fingerprint density at radius 1 is 1.48 bits per heavy atom. The van der Waals surface area contributed by atoms with Gasteiger partial charge in [-0.15, -0.1) is 5.10 Å². The van der Waals surface area contributed by atoms with E-state index < -0.39 is 0 Å². The minimum Gasteiger partial charge on any atom is -0.370 e. The van der Waals surface area contributed by atoms with Crippen LogP contribution in [0.25, 0.3) is 0 Å². The molecule has 2 heterocycles. The fourth-order valence-corrected chi connectivity index (χ4v) is 2.91. The number of nitrogens with one attached hydrogen (secondary N) is 2. The van der Waals surface area contributed by atoms with Gasteiger partial charge in [-0.25, -0.2) is 9.37 Å². The number of rotatable bonds is 6. The quantitative estimate of drug-likeness (QED) is 0.791. The second-order valence-electron chi connectivity index (χ2n) is 5.16. The molecule has 8 heteroatoms. The summed E-state index contributed by atoms with van der Waals surface area (Å²) in [5, 5.41) is 10.1. The number of hydrogen-bond donors (Lipinski definition) is 2. The van der Waals surface area contributed by atoms with Gasteiger partial charge in [0.2, 0.25) is 11.1 Å². The molecule has 1 saturated heterocycles. The maximum atomic E-state index is 13.4. The molecule has 23 heavy (non-hydrogen) atoms. The van der Waals surface area contributed by atoms with Crippen molar-refractivity contribution in [3.8, 4) is 0 Å². The standard InChI is InChI=1S/C15H17FN4O2S/c16-11-5-2-1-4-10(11)8-17-13(21)9-23-15-18-14(19-20-15)12-6-3-7-22-12/h1-2,4-5,12H,3,6-9H2,(H,17,21)(H,18,19,20)/t12-/m1/s1. The van der Waals surface area contributed by atoms with Crippen molar-refractivity contribution in [1.82, 2.24) is 20.5 Å². The zero-order chi connectivity index (χ0) is 16.1. The van der Waals surface area contributed by atoms with Crippen molar-refractivity contribution in [3.05, 3.63) is 41.5 Å². The number of aromatic nitrogens is 3. The minimum atomic E-state index is -0.323. The summed E-state index contributed by atoms with van der Waals surface area (Å²) in [6.45, 7) is 0.910. The lowest BCUT2D eigenvalue weighted by atomic mass is 10.2. The first kappa shape index (κ1) is 15.9. The molecule has 1 aromatic carbocycles. The Labute approximate surface area is 137 Å². The van der Waals surface area contributed by atoms with Gasteiger partial charge in [-0.2, -0.15) is 0 Å². The molecule has 1 amide bonds. The van der Waals surface area contributed by atoms with Crippen LogP contribution < -0.4 is 5.32 Å². The molecule has 122 valence electrons. The largest absolute Gasteiger partial charge is 0.370 e. The second kappa shape index (κ2) is 7.56. The van der Waals surface area contributed by atoms with Crippen LogP contribution in [0, 0.1) is 5.82 Å². The van der Waals surface area contributed by atoms with Crippen LogP contribution in [0.5, 0.6) is 0 Å². The van der Waals surface area contributed by atoms with Gasteiger partial charge in [0, 0.05) is 18.7 Å². The summed E-state index contributed by atoms with van der Waals surface area (Å²) >= 11 is 1.23. The smallest absolute Gasteiger partial charge is 0.230 e. The monoisotopic (exact) mass is 336 g/mol. The van der Waals surface area contributed by atoms with Crippen LogP contribution in [0.15, 0.2) is 29.4 Å². The van der Waals surface area contributed by atoms with Gasteiger partial charge >= 0.3 is 0 Å². The molecule has 0 bridgehead atoms. The molecule has 3 rings (SSSR count).